The Morgan fingerprint density at radius 1 is 1.37 bits per heavy atom. The summed E-state index contributed by atoms with van der Waals surface area (Å²) in [6.45, 7) is 0.932. The molecule has 0 N–H and O–H groups in total. The fourth-order valence-corrected chi connectivity index (χ4v) is 1.98. The third-order valence-corrected chi connectivity index (χ3v) is 3.25. The highest BCUT2D eigenvalue weighted by Crippen LogP contribution is 2.30. The van der Waals surface area contributed by atoms with E-state index in [0.29, 0.717) is 15.1 Å². The lowest BCUT2D eigenvalue weighted by Crippen LogP contribution is -2.32. The topological polar surface area (TPSA) is 47.8 Å². The molecule has 4 nitrogen and oxygen atoms in total. The number of halogens is 3. The van der Waals surface area contributed by atoms with Crippen molar-refractivity contribution in [2.45, 2.75) is 24.3 Å². The van der Waals surface area contributed by atoms with Gasteiger partial charge in [-0.1, -0.05) is 11.8 Å². The van der Waals surface area contributed by atoms with Crippen molar-refractivity contribution >= 4 is 22.8 Å². The quantitative estimate of drug-likeness (QED) is 0.630. The van der Waals surface area contributed by atoms with E-state index in [9.17, 15) is 18.0 Å². The van der Waals surface area contributed by atoms with Gasteiger partial charge in [0.25, 0.3) is 5.56 Å². The number of fused-ring (bicyclic) bond motifs is 1. The molecule has 19 heavy (non-hydrogen) atoms. The van der Waals surface area contributed by atoms with Crippen molar-refractivity contribution in [2.75, 3.05) is 6.26 Å². The smallest absolute Gasteiger partial charge is 0.281 e. The molecule has 0 aromatic carbocycles. The summed E-state index contributed by atoms with van der Waals surface area (Å²) in [4.78, 5) is 19.7. The van der Waals surface area contributed by atoms with Crippen molar-refractivity contribution in [1.82, 2.24) is 14.5 Å². The van der Waals surface area contributed by atoms with Gasteiger partial charge in [0, 0.05) is 17.6 Å². The van der Waals surface area contributed by atoms with E-state index >= 15 is 0 Å². The monoisotopic (exact) mass is 289 g/mol. The number of nitrogens with zero attached hydrogens (tertiary/aromatic N) is 3. The predicted molar refractivity (Wildman–Crippen MR) is 66.3 cm³/mol. The van der Waals surface area contributed by atoms with Crippen LogP contribution in [0, 0.1) is 0 Å². The van der Waals surface area contributed by atoms with E-state index in [0.717, 1.165) is 13.0 Å². The molecule has 0 amide bonds. The number of pyridine rings is 1. The predicted octanol–water partition coefficient (Wildman–Crippen LogP) is 2.64. The maximum atomic E-state index is 12.8. The molecule has 2 aromatic rings. The van der Waals surface area contributed by atoms with Crippen molar-refractivity contribution in [3.05, 3.63) is 28.7 Å². The van der Waals surface area contributed by atoms with Gasteiger partial charge in [0.05, 0.1) is 0 Å². The minimum atomic E-state index is -4.51. The van der Waals surface area contributed by atoms with Gasteiger partial charge in [-0.25, -0.2) is 9.97 Å². The van der Waals surface area contributed by atoms with Crippen molar-refractivity contribution in [1.29, 1.82) is 0 Å². The first-order valence-corrected chi connectivity index (χ1v) is 6.56. The summed E-state index contributed by atoms with van der Waals surface area (Å²) < 4.78 is 39.1. The van der Waals surface area contributed by atoms with E-state index in [1.807, 2.05) is 0 Å². The van der Waals surface area contributed by atoms with Gasteiger partial charge >= 0.3 is 6.18 Å². The van der Waals surface area contributed by atoms with E-state index in [2.05, 4.69) is 9.97 Å². The summed E-state index contributed by atoms with van der Waals surface area (Å²) >= 11 is 1.20. The molecule has 2 aromatic heterocycles. The molecule has 0 fully saturated rings. The molecule has 0 spiro atoms. The minimum absolute atomic E-state index is 0.00308. The highest BCUT2D eigenvalue weighted by atomic mass is 32.2. The Morgan fingerprint density at radius 2 is 2.05 bits per heavy atom. The van der Waals surface area contributed by atoms with Crippen molar-refractivity contribution in [3.8, 4) is 0 Å². The summed E-state index contributed by atoms with van der Waals surface area (Å²) in [6, 6.07) is 0.571. The number of thioether (sulfide) groups is 1. The maximum Gasteiger partial charge on any atom is 0.409 e. The highest BCUT2D eigenvalue weighted by molar-refractivity contribution is 7.98. The summed E-state index contributed by atoms with van der Waals surface area (Å²) in [5.74, 6) is 0. The molecule has 0 aliphatic rings. The van der Waals surface area contributed by atoms with Crippen LogP contribution in [0.15, 0.2) is 28.3 Å². The Kier molecular flexibility index (Phi) is 3.53. The van der Waals surface area contributed by atoms with Gasteiger partial charge in [0.15, 0.2) is 5.16 Å². The van der Waals surface area contributed by atoms with Crippen LogP contribution >= 0.6 is 11.8 Å². The first kappa shape index (κ1) is 13.9. The SMILES string of the molecule is CSc1ncc2ccc(=O)n([C@@H](C)C(F)(F)F)c2n1. The zero-order valence-corrected chi connectivity index (χ0v) is 10.9. The molecule has 0 unspecified atom stereocenters. The third-order valence-electron chi connectivity index (χ3n) is 2.69. The molecule has 2 rings (SSSR count). The van der Waals surface area contributed by atoms with Crippen LogP contribution in [0.5, 0.6) is 0 Å². The van der Waals surface area contributed by atoms with Gasteiger partial charge in [-0.05, 0) is 19.2 Å². The maximum absolute atomic E-state index is 12.8. The third kappa shape index (κ3) is 2.58. The van der Waals surface area contributed by atoms with E-state index in [1.54, 1.807) is 6.26 Å². The van der Waals surface area contributed by atoms with Gasteiger partial charge in [0.1, 0.15) is 11.7 Å². The first-order valence-electron chi connectivity index (χ1n) is 5.33. The number of hydrogen-bond donors (Lipinski definition) is 0. The second kappa shape index (κ2) is 4.84. The Balaban J connectivity index is 2.77. The lowest BCUT2D eigenvalue weighted by atomic mass is 10.2. The fourth-order valence-electron chi connectivity index (χ4n) is 1.64. The van der Waals surface area contributed by atoms with E-state index < -0.39 is 17.8 Å². The molecule has 8 heteroatoms. The molecular formula is C11H10F3N3OS. The Hall–Kier alpha value is -1.57. The molecule has 0 radical (unpaired) electrons. The van der Waals surface area contributed by atoms with E-state index in [1.165, 1.54) is 24.0 Å². The zero-order chi connectivity index (χ0) is 14.2. The van der Waals surface area contributed by atoms with Crippen molar-refractivity contribution < 1.29 is 13.2 Å². The lowest BCUT2D eigenvalue weighted by Gasteiger charge is -2.19. The van der Waals surface area contributed by atoms with E-state index in [4.69, 9.17) is 0 Å². The van der Waals surface area contributed by atoms with Crippen LogP contribution in [0.3, 0.4) is 0 Å². The van der Waals surface area contributed by atoms with E-state index in [-0.39, 0.29) is 5.65 Å². The van der Waals surface area contributed by atoms with Crippen LogP contribution in [0.25, 0.3) is 11.0 Å². The van der Waals surface area contributed by atoms with Gasteiger partial charge < -0.3 is 0 Å². The van der Waals surface area contributed by atoms with Crippen LogP contribution in [-0.2, 0) is 0 Å². The van der Waals surface area contributed by atoms with Crippen LogP contribution in [0.2, 0.25) is 0 Å². The average molecular weight is 289 g/mol. The van der Waals surface area contributed by atoms with Gasteiger partial charge in [0.2, 0.25) is 0 Å². The first-order chi connectivity index (χ1) is 8.84. The van der Waals surface area contributed by atoms with Gasteiger partial charge in [-0.3, -0.25) is 9.36 Å². The molecule has 0 aliphatic carbocycles. The Labute approximate surface area is 110 Å². The summed E-state index contributed by atoms with van der Waals surface area (Å²) in [6.07, 6.45) is -1.39. The van der Waals surface area contributed by atoms with Crippen molar-refractivity contribution in [2.24, 2.45) is 0 Å². The fraction of sp³-hybridized carbons (Fsp3) is 0.364. The Bertz CT molecular complexity index is 668. The number of rotatable bonds is 2. The Morgan fingerprint density at radius 3 is 2.63 bits per heavy atom. The molecule has 0 saturated carbocycles. The molecule has 1 atom stereocenters. The van der Waals surface area contributed by atoms with Crippen molar-refractivity contribution in [3.63, 3.8) is 0 Å². The standard InChI is InChI=1S/C11H10F3N3OS/c1-6(11(12,13)14)17-8(18)4-3-7-5-15-10(19-2)16-9(7)17/h3-6H,1-2H3/t6-/m0/s1. The van der Waals surface area contributed by atoms with Crippen LogP contribution in [0.4, 0.5) is 13.2 Å². The molecule has 102 valence electrons. The van der Waals surface area contributed by atoms with Crippen LogP contribution < -0.4 is 5.56 Å². The lowest BCUT2D eigenvalue weighted by molar-refractivity contribution is -0.162. The largest absolute Gasteiger partial charge is 0.409 e. The molecule has 0 bridgehead atoms. The summed E-state index contributed by atoms with van der Waals surface area (Å²) in [7, 11) is 0. The normalized spacial score (nSPS) is 13.7. The molecule has 2 heterocycles. The van der Waals surface area contributed by atoms with Gasteiger partial charge in [-0.15, -0.1) is 0 Å². The molecule has 0 saturated heterocycles. The second-order valence-electron chi connectivity index (χ2n) is 3.89. The van der Waals surface area contributed by atoms with Crippen LogP contribution in [-0.4, -0.2) is 27.0 Å². The second-order valence-corrected chi connectivity index (χ2v) is 4.67. The highest BCUT2D eigenvalue weighted by Gasteiger charge is 2.38. The molecule has 0 aliphatic heterocycles. The molecular weight excluding hydrogens is 279 g/mol. The summed E-state index contributed by atoms with van der Waals surface area (Å²) in [5, 5.41) is 0.717. The number of aromatic nitrogens is 3. The zero-order valence-electron chi connectivity index (χ0n) is 10.1. The minimum Gasteiger partial charge on any atom is -0.281 e. The van der Waals surface area contributed by atoms with Gasteiger partial charge in [-0.2, -0.15) is 13.2 Å². The average Bonchev–Trinajstić information content (AvgIpc) is 2.36. The van der Waals surface area contributed by atoms with Crippen LogP contribution in [0.1, 0.15) is 13.0 Å². The number of alkyl halides is 3. The summed E-state index contributed by atoms with van der Waals surface area (Å²) in [5.41, 5.74) is -0.736. The number of hydrogen-bond acceptors (Lipinski definition) is 4.